The van der Waals surface area contributed by atoms with Gasteiger partial charge < -0.3 is 0 Å². The molecule has 0 radical (unpaired) electrons. The zero-order valence-corrected chi connectivity index (χ0v) is 16.0. The van der Waals surface area contributed by atoms with E-state index in [1.54, 1.807) is 12.1 Å². The molecule has 0 spiro atoms. The maximum absolute atomic E-state index is 12.5. The molecule has 0 atom stereocenters. The zero-order chi connectivity index (χ0) is 18.7. The van der Waals surface area contributed by atoms with Crippen LogP contribution in [0.5, 0.6) is 0 Å². The molecule has 3 rings (SSSR count). The highest BCUT2D eigenvalue weighted by Crippen LogP contribution is 2.26. The lowest BCUT2D eigenvalue weighted by Gasteiger charge is -2.07. The monoisotopic (exact) mass is 386 g/mol. The van der Waals surface area contributed by atoms with Crippen LogP contribution in [0.2, 0.25) is 0 Å². The molecule has 0 aliphatic carbocycles. The van der Waals surface area contributed by atoms with Crippen LogP contribution in [0.15, 0.2) is 58.8 Å². The molecule has 0 saturated carbocycles. The summed E-state index contributed by atoms with van der Waals surface area (Å²) < 4.78 is 23.7. The Kier molecular flexibility index (Phi) is 5.20. The van der Waals surface area contributed by atoms with Gasteiger partial charge >= 0.3 is 0 Å². The summed E-state index contributed by atoms with van der Waals surface area (Å²) in [6.45, 7) is 2.10. The average molecular weight is 386 g/mol. The molecule has 26 heavy (non-hydrogen) atoms. The minimum absolute atomic E-state index is 0.00411. The van der Waals surface area contributed by atoms with E-state index in [9.17, 15) is 13.2 Å². The molecule has 0 saturated heterocycles. The van der Waals surface area contributed by atoms with E-state index in [1.807, 2.05) is 17.5 Å². The molecule has 0 unspecified atom stereocenters. The first kappa shape index (κ1) is 18.3. The number of thiazole rings is 1. The third-order valence-corrected chi connectivity index (χ3v) is 5.83. The van der Waals surface area contributed by atoms with Crippen LogP contribution in [-0.2, 0) is 16.3 Å². The van der Waals surface area contributed by atoms with E-state index in [0.717, 1.165) is 23.9 Å². The van der Waals surface area contributed by atoms with Crippen molar-refractivity contribution in [1.29, 1.82) is 0 Å². The second kappa shape index (κ2) is 7.39. The molecule has 0 bridgehead atoms. The maximum atomic E-state index is 12.5. The number of hydrogen-bond acceptors (Lipinski definition) is 5. The molecule has 134 valence electrons. The Labute approximate surface area is 156 Å². The molecule has 0 aliphatic rings. The number of hydrogen-bond donors (Lipinski definition) is 1. The molecule has 0 aliphatic heterocycles. The van der Waals surface area contributed by atoms with Gasteiger partial charge in [-0.05, 0) is 24.1 Å². The van der Waals surface area contributed by atoms with Crippen molar-refractivity contribution in [2.45, 2.75) is 18.2 Å². The molecule has 1 N–H and O–H groups in total. The smallest absolute Gasteiger partial charge is 0.258 e. The van der Waals surface area contributed by atoms with Gasteiger partial charge in [0, 0.05) is 17.2 Å². The van der Waals surface area contributed by atoms with Crippen molar-refractivity contribution < 1.29 is 13.2 Å². The van der Waals surface area contributed by atoms with Crippen LogP contribution in [0, 0.1) is 0 Å². The standard InChI is InChI=1S/C19H18N2O3S2/c1-3-13-8-10-14(11-9-13)16-12-25-19(20-16)21-18(22)15-6-4-5-7-17(15)26(2,23)24/h4-12H,3H2,1-2H3,(H,20,21,22). The number of rotatable bonds is 5. The highest BCUT2D eigenvalue weighted by molar-refractivity contribution is 7.90. The fourth-order valence-corrected chi connectivity index (χ4v) is 4.12. The summed E-state index contributed by atoms with van der Waals surface area (Å²) in [5, 5.41) is 4.97. The first-order chi connectivity index (χ1) is 12.4. The predicted octanol–water partition coefficient (Wildman–Crippen LogP) is 4.03. The van der Waals surface area contributed by atoms with Gasteiger partial charge in [-0.2, -0.15) is 0 Å². The van der Waals surface area contributed by atoms with Crippen LogP contribution >= 0.6 is 11.3 Å². The third-order valence-electron chi connectivity index (χ3n) is 3.91. The van der Waals surface area contributed by atoms with Crippen LogP contribution in [0.4, 0.5) is 5.13 Å². The number of nitrogens with one attached hydrogen (secondary N) is 1. The summed E-state index contributed by atoms with van der Waals surface area (Å²) in [4.78, 5) is 16.9. The molecule has 0 fully saturated rings. The van der Waals surface area contributed by atoms with Gasteiger partial charge in [-0.15, -0.1) is 11.3 Å². The first-order valence-corrected chi connectivity index (χ1v) is 10.8. The number of benzene rings is 2. The van der Waals surface area contributed by atoms with Gasteiger partial charge in [-0.1, -0.05) is 43.3 Å². The normalized spacial score (nSPS) is 11.3. The van der Waals surface area contributed by atoms with Gasteiger partial charge in [-0.25, -0.2) is 13.4 Å². The number of amides is 1. The molecular weight excluding hydrogens is 368 g/mol. The molecule has 1 amide bonds. The van der Waals surface area contributed by atoms with Crippen molar-refractivity contribution in [3.05, 3.63) is 65.0 Å². The van der Waals surface area contributed by atoms with E-state index in [-0.39, 0.29) is 10.5 Å². The summed E-state index contributed by atoms with van der Waals surface area (Å²) in [5.41, 5.74) is 3.09. The summed E-state index contributed by atoms with van der Waals surface area (Å²) in [6, 6.07) is 14.2. The molecule has 1 aromatic heterocycles. The minimum atomic E-state index is -3.49. The Balaban J connectivity index is 1.82. The van der Waals surface area contributed by atoms with Crippen molar-refractivity contribution in [1.82, 2.24) is 4.98 Å². The van der Waals surface area contributed by atoms with E-state index in [4.69, 9.17) is 0 Å². The Bertz CT molecular complexity index is 1040. The summed E-state index contributed by atoms with van der Waals surface area (Å²) in [5.74, 6) is -0.492. The molecule has 2 aromatic carbocycles. The number of carbonyl (C=O) groups is 1. The summed E-state index contributed by atoms with van der Waals surface area (Å²) in [7, 11) is -3.49. The van der Waals surface area contributed by atoms with Crippen molar-refractivity contribution in [2.24, 2.45) is 0 Å². The van der Waals surface area contributed by atoms with Crippen molar-refractivity contribution in [3.63, 3.8) is 0 Å². The first-order valence-electron chi connectivity index (χ1n) is 8.03. The van der Waals surface area contributed by atoms with Crippen LogP contribution in [0.3, 0.4) is 0 Å². The number of anilines is 1. The van der Waals surface area contributed by atoms with E-state index >= 15 is 0 Å². The Hall–Kier alpha value is -2.51. The van der Waals surface area contributed by atoms with Gasteiger partial charge in [0.15, 0.2) is 15.0 Å². The lowest BCUT2D eigenvalue weighted by molar-refractivity contribution is 0.102. The average Bonchev–Trinajstić information content (AvgIpc) is 3.09. The van der Waals surface area contributed by atoms with Gasteiger partial charge in [0.1, 0.15) is 0 Å². The van der Waals surface area contributed by atoms with Gasteiger partial charge in [0.05, 0.1) is 16.2 Å². The lowest BCUT2D eigenvalue weighted by atomic mass is 10.1. The lowest BCUT2D eigenvalue weighted by Crippen LogP contribution is -2.15. The van der Waals surface area contributed by atoms with Gasteiger partial charge in [0.25, 0.3) is 5.91 Å². The molecule has 1 heterocycles. The van der Waals surface area contributed by atoms with Crippen LogP contribution < -0.4 is 5.32 Å². The minimum Gasteiger partial charge on any atom is -0.298 e. The van der Waals surface area contributed by atoms with E-state index in [2.05, 4.69) is 29.4 Å². The molecule has 3 aromatic rings. The highest BCUT2D eigenvalue weighted by Gasteiger charge is 2.19. The molecule has 5 nitrogen and oxygen atoms in total. The topological polar surface area (TPSA) is 76.1 Å². The van der Waals surface area contributed by atoms with E-state index in [1.165, 1.54) is 29.0 Å². The van der Waals surface area contributed by atoms with Crippen molar-refractivity contribution >= 4 is 32.2 Å². The Morgan fingerprint density at radius 2 is 1.81 bits per heavy atom. The van der Waals surface area contributed by atoms with Crippen LogP contribution in [0.1, 0.15) is 22.8 Å². The number of sulfone groups is 1. The second-order valence-electron chi connectivity index (χ2n) is 5.81. The zero-order valence-electron chi connectivity index (χ0n) is 14.4. The van der Waals surface area contributed by atoms with Crippen molar-refractivity contribution in [2.75, 3.05) is 11.6 Å². The fraction of sp³-hybridized carbons (Fsp3) is 0.158. The van der Waals surface area contributed by atoms with Crippen LogP contribution in [-0.4, -0.2) is 25.6 Å². The quantitative estimate of drug-likeness (QED) is 0.718. The second-order valence-corrected chi connectivity index (χ2v) is 8.65. The van der Waals surface area contributed by atoms with Crippen LogP contribution in [0.25, 0.3) is 11.3 Å². The highest BCUT2D eigenvalue weighted by atomic mass is 32.2. The number of carbonyl (C=O) groups excluding carboxylic acids is 1. The maximum Gasteiger partial charge on any atom is 0.258 e. The predicted molar refractivity (Wildman–Crippen MR) is 104 cm³/mol. The number of nitrogens with zero attached hydrogens (tertiary/aromatic N) is 1. The fourth-order valence-electron chi connectivity index (χ4n) is 2.52. The van der Waals surface area contributed by atoms with Crippen molar-refractivity contribution in [3.8, 4) is 11.3 Å². The largest absolute Gasteiger partial charge is 0.298 e. The number of aryl methyl sites for hydroxylation is 1. The summed E-state index contributed by atoms with van der Waals surface area (Å²) in [6.07, 6.45) is 2.05. The third kappa shape index (κ3) is 4.00. The Morgan fingerprint density at radius 3 is 2.46 bits per heavy atom. The summed E-state index contributed by atoms with van der Waals surface area (Å²) >= 11 is 1.30. The van der Waals surface area contributed by atoms with Gasteiger partial charge in [0.2, 0.25) is 0 Å². The van der Waals surface area contributed by atoms with E-state index < -0.39 is 15.7 Å². The molecule has 7 heteroatoms. The SMILES string of the molecule is CCc1ccc(-c2csc(NC(=O)c3ccccc3S(C)(=O)=O)n2)cc1. The number of aromatic nitrogens is 1. The molecular formula is C19H18N2O3S2. The van der Waals surface area contributed by atoms with Gasteiger partial charge in [-0.3, -0.25) is 10.1 Å². The van der Waals surface area contributed by atoms with E-state index in [0.29, 0.717) is 5.13 Å². The Morgan fingerprint density at radius 1 is 1.12 bits per heavy atom.